The molecule has 0 saturated carbocycles. The van der Waals surface area contributed by atoms with E-state index in [1.54, 1.807) is 0 Å². The summed E-state index contributed by atoms with van der Waals surface area (Å²) in [5, 5.41) is 0. The maximum Gasteiger partial charge on any atom is -0.0187 e. The number of hydrogen-bond donors (Lipinski definition) is 0. The van der Waals surface area contributed by atoms with E-state index in [2.05, 4.69) is 30.6 Å². The largest absolute Gasteiger partial charge is 0.444 e. The van der Waals surface area contributed by atoms with Crippen LogP contribution in [-0.2, 0) is 13.5 Å². The molecule has 0 amide bonds. The van der Waals surface area contributed by atoms with E-state index in [9.17, 15) is 0 Å². The monoisotopic (exact) mass is 354 g/mol. The van der Waals surface area contributed by atoms with Crippen LogP contribution in [0.2, 0.25) is 0 Å². The second-order valence-corrected chi connectivity index (χ2v) is 9.45. The number of allylic oxidation sites excluding steroid dienone is 2. The molecular weight excluding hydrogens is 332 g/mol. The van der Waals surface area contributed by atoms with Crippen molar-refractivity contribution in [3.8, 4) is 0 Å². The summed E-state index contributed by atoms with van der Waals surface area (Å²) in [4.78, 5) is 4.36. The summed E-state index contributed by atoms with van der Waals surface area (Å²) in [6, 6.07) is 0. The second kappa shape index (κ2) is 10.9. The normalized spacial score (nSPS) is 16.8. The maximum atomic E-state index is 5.53. The van der Waals surface area contributed by atoms with Crippen LogP contribution in [0.3, 0.4) is 0 Å². The SMILES string of the molecule is CC(C)=C[CH]=[Ru]([Cl])[Cl].CN1[CH-]N(C)CC1.[CH3-]. The molecule has 0 radical (unpaired) electrons. The summed E-state index contributed by atoms with van der Waals surface area (Å²) < 4.78 is 1.88. The van der Waals surface area contributed by atoms with Gasteiger partial charge >= 0.3 is 63.0 Å². The Labute approximate surface area is 114 Å². The molecule has 0 bridgehead atoms. The Morgan fingerprint density at radius 1 is 1.19 bits per heavy atom. The molecule has 0 aromatic rings. The Balaban J connectivity index is 0. The zero-order valence-electron chi connectivity index (χ0n) is 10.7. The molecule has 100 valence electrons. The van der Waals surface area contributed by atoms with Crippen molar-refractivity contribution in [3.05, 3.63) is 25.7 Å². The average Bonchev–Trinajstić information content (AvgIpc) is 2.47. The van der Waals surface area contributed by atoms with Crippen LogP contribution in [0.15, 0.2) is 11.6 Å². The Bertz CT molecular complexity index is 210. The third-order valence-corrected chi connectivity index (χ3v) is 3.46. The van der Waals surface area contributed by atoms with E-state index < -0.39 is 13.5 Å². The van der Waals surface area contributed by atoms with Crippen molar-refractivity contribution in [2.75, 3.05) is 27.2 Å². The topological polar surface area (TPSA) is 6.48 Å². The molecule has 0 aromatic heterocycles. The third kappa shape index (κ3) is 12.8. The van der Waals surface area contributed by atoms with Crippen molar-refractivity contribution in [3.63, 3.8) is 0 Å². The zero-order chi connectivity index (χ0) is 11.8. The Kier molecular flexibility index (Phi) is 13.0. The molecule has 1 heterocycles. The summed E-state index contributed by atoms with van der Waals surface area (Å²) in [6.45, 7) is 8.50. The van der Waals surface area contributed by atoms with Gasteiger partial charge < -0.3 is 17.2 Å². The van der Waals surface area contributed by atoms with Crippen molar-refractivity contribution < 1.29 is 13.5 Å². The average molecular weight is 354 g/mol. The summed E-state index contributed by atoms with van der Waals surface area (Å²) in [6.07, 6.45) is 1.96. The molecule has 5 heteroatoms. The number of nitrogens with zero attached hydrogens (tertiary/aromatic N) is 2. The molecule has 0 atom stereocenters. The van der Waals surface area contributed by atoms with Gasteiger partial charge in [-0.3, -0.25) is 0 Å². The van der Waals surface area contributed by atoms with Crippen molar-refractivity contribution in [1.29, 1.82) is 0 Å². The molecule has 1 rings (SSSR count). The molecule has 1 fully saturated rings. The standard InChI is InChI=1S/C5H11N2.C5H8.CH3.2ClH.Ru/c1-6-3-4-7(2)5-6;1-4-5(2)3;;;;/h5H,3-4H2,1-2H3;1,4H,2-3H3;1H3;2*1H;/q-1;;-1;;;+2/p-2. The van der Waals surface area contributed by atoms with Crippen LogP contribution >= 0.6 is 19.4 Å². The molecule has 0 aromatic carbocycles. The minimum atomic E-state index is -1.52. The van der Waals surface area contributed by atoms with Crippen LogP contribution in [-0.4, -0.2) is 41.6 Å². The Morgan fingerprint density at radius 3 is 1.75 bits per heavy atom. The third-order valence-electron chi connectivity index (χ3n) is 1.68. The van der Waals surface area contributed by atoms with Gasteiger partial charge in [-0.25, -0.2) is 6.67 Å². The number of halogens is 2. The van der Waals surface area contributed by atoms with Gasteiger partial charge in [-0.05, 0) is 27.2 Å². The Morgan fingerprint density at radius 2 is 1.62 bits per heavy atom. The van der Waals surface area contributed by atoms with E-state index in [1.807, 2.05) is 24.5 Å². The molecule has 0 spiro atoms. The fourth-order valence-electron chi connectivity index (χ4n) is 0.930. The summed E-state index contributed by atoms with van der Waals surface area (Å²) in [5.41, 5.74) is 1.24. The van der Waals surface area contributed by atoms with Crippen LogP contribution in [0.4, 0.5) is 0 Å². The van der Waals surface area contributed by atoms with Crippen LogP contribution in [0.5, 0.6) is 0 Å². The molecule has 2 nitrogen and oxygen atoms in total. The smallest absolute Gasteiger partial charge is 0.0187 e. The predicted molar refractivity (Wildman–Crippen MR) is 73.2 cm³/mol. The first-order valence-corrected chi connectivity index (χ1v) is 10.1. The van der Waals surface area contributed by atoms with Gasteiger partial charge in [0.2, 0.25) is 0 Å². The predicted octanol–water partition coefficient (Wildman–Crippen LogP) is 3.11. The van der Waals surface area contributed by atoms with Gasteiger partial charge in [-0.15, -0.1) is 0 Å². The molecule has 0 unspecified atom stereocenters. The molecule has 0 N–H and O–H groups in total. The van der Waals surface area contributed by atoms with Gasteiger partial charge in [0.1, 0.15) is 0 Å². The van der Waals surface area contributed by atoms with E-state index in [-0.39, 0.29) is 7.43 Å². The molecular formula is C11H22Cl2N2Ru-2. The van der Waals surface area contributed by atoms with Crippen LogP contribution in [0.25, 0.3) is 0 Å². The fourth-order valence-corrected chi connectivity index (χ4v) is 2.26. The van der Waals surface area contributed by atoms with E-state index in [4.69, 9.17) is 19.4 Å². The first kappa shape index (κ1) is 19.1. The number of rotatable bonds is 1. The van der Waals surface area contributed by atoms with Gasteiger partial charge in [0.15, 0.2) is 0 Å². The molecule has 1 aliphatic heterocycles. The van der Waals surface area contributed by atoms with Gasteiger partial charge in [0, 0.05) is 0 Å². The summed E-state index contributed by atoms with van der Waals surface area (Å²) in [5.74, 6) is 0. The summed E-state index contributed by atoms with van der Waals surface area (Å²) in [7, 11) is 15.2. The minimum Gasteiger partial charge on any atom is -0.444 e. The van der Waals surface area contributed by atoms with Crippen LogP contribution in [0, 0.1) is 14.1 Å². The van der Waals surface area contributed by atoms with E-state index in [1.165, 1.54) is 18.7 Å². The Hall–Kier alpha value is 0.733. The maximum absolute atomic E-state index is 5.53. The van der Waals surface area contributed by atoms with Crippen molar-refractivity contribution in [2.45, 2.75) is 13.8 Å². The minimum absolute atomic E-state index is 0. The summed E-state index contributed by atoms with van der Waals surface area (Å²) >= 11 is -1.52. The first-order chi connectivity index (χ1) is 6.91. The van der Waals surface area contributed by atoms with Crippen LogP contribution in [0.1, 0.15) is 13.8 Å². The van der Waals surface area contributed by atoms with Gasteiger partial charge in [-0.1, -0.05) is 0 Å². The van der Waals surface area contributed by atoms with Crippen LogP contribution < -0.4 is 0 Å². The fraction of sp³-hybridized carbons (Fsp3) is 0.545. The van der Waals surface area contributed by atoms with E-state index >= 15 is 0 Å². The molecule has 1 saturated heterocycles. The molecule has 1 aliphatic rings. The molecule has 0 aliphatic carbocycles. The zero-order valence-corrected chi connectivity index (χ0v) is 13.9. The van der Waals surface area contributed by atoms with Crippen molar-refractivity contribution >= 4 is 24.0 Å². The number of hydrogen-bond acceptors (Lipinski definition) is 2. The quantitative estimate of drug-likeness (QED) is 0.527. The van der Waals surface area contributed by atoms with E-state index in [0.29, 0.717) is 0 Å². The molecule has 16 heavy (non-hydrogen) atoms. The second-order valence-electron chi connectivity index (χ2n) is 3.64. The van der Waals surface area contributed by atoms with Gasteiger partial charge in [-0.2, -0.15) is 0 Å². The van der Waals surface area contributed by atoms with Crippen molar-refractivity contribution in [2.24, 2.45) is 0 Å². The van der Waals surface area contributed by atoms with E-state index in [0.717, 1.165) is 0 Å². The number of likely N-dealkylation sites (N-methyl/N-ethyl adjacent to an activating group) is 2. The first-order valence-electron chi connectivity index (χ1n) is 4.64. The van der Waals surface area contributed by atoms with Crippen molar-refractivity contribution in [1.82, 2.24) is 9.80 Å². The van der Waals surface area contributed by atoms with Gasteiger partial charge in [0.05, 0.1) is 0 Å². The van der Waals surface area contributed by atoms with Gasteiger partial charge in [0.25, 0.3) is 0 Å².